The summed E-state index contributed by atoms with van der Waals surface area (Å²) in [6.07, 6.45) is 3.23. The minimum atomic E-state index is -0.214. The highest BCUT2D eigenvalue weighted by molar-refractivity contribution is 5.91. The van der Waals surface area contributed by atoms with Gasteiger partial charge in [0.2, 0.25) is 17.6 Å². The highest BCUT2D eigenvalue weighted by atomic mass is 16.5. The summed E-state index contributed by atoms with van der Waals surface area (Å²) in [5.74, 6) is 0.671. The van der Waals surface area contributed by atoms with Crippen LogP contribution >= 0.6 is 0 Å². The quantitative estimate of drug-likeness (QED) is 0.732. The molecule has 0 aliphatic heterocycles. The van der Waals surface area contributed by atoms with Gasteiger partial charge >= 0.3 is 0 Å². The van der Waals surface area contributed by atoms with Crippen molar-refractivity contribution in [3.63, 3.8) is 0 Å². The highest BCUT2D eigenvalue weighted by Gasteiger charge is 2.09. The lowest BCUT2D eigenvalue weighted by molar-refractivity contribution is -0.116. The third-order valence-electron chi connectivity index (χ3n) is 3.38. The molecule has 5 heteroatoms. The number of aromatic nitrogens is 2. The average molecular weight is 319 g/mol. The molecule has 0 saturated carbocycles. The Morgan fingerprint density at radius 3 is 2.79 bits per heavy atom. The summed E-state index contributed by atoms with van der Waals surface area (Å²) in [5, 5.41) is 6.67. The molecular formula is C19H17N3O2. The Labute approximate surface area is 140 Å². The number of carbonyl (C=O) groups is 1. The summed E-state index contributed by atoms with van der Waals surface area (Å²) in [6, 6.07) is 17.5. The van der Waals surface area contributed by atoms with E-state index in [1.54, 1.807) is 6.08 Å². The van der Waals surface area contributed by atoms with Crippen molar-refractivity contribution < 1.29 is 9.32 Å². The summed E-state index contributed by atoms with van der Waals surface area (Å²) >= 11 is 0. The number of hydrogen-bond donors (Lipinski definition) is 1. The molecule has 0 fully saturated rings. The minimum absolute atomic E-state index is 0.191. The van der Waals surface area contributed by atoms with E-state index in [4.69, 9.17) is 4.52 Å². The molecule has 0 spiro atoms. The van der Waals surface area contributed by atoms with Gasteiger partial charge in [0.05, 0.1) is 6.54 Å². The van der Waals surface area contributed by atoms with Gasteiger partial charge in [-0.15, -0.1) is 0 Å². The van der Waals surface area contributed by atoms with Crippen molar-refractivity contribution >= 4 is 12.0 Å². The number of aryl methyl sites for hydroxylation is 1. The predicted molar refractivity (Wildman–Crippen MR) is 91.8 cm³/mol. The molecule has 0 aliphatic rings. The van der Waals surface area contributed by atoms with Crippen molar-refractivity contribution in [3.8, 4) is 11.4 Å². The van der Waals surface area contributed by atoms with Crippen LogP contribution in [0.5, 0.6) is 0 Å². The normalized spacial score (nSPS) is 10.9. The second kappa shape index (κ2) is 7.37. The first-order chi connectivity index (χ1) is 11.7. The van der Waals surface area contributed by atoms with Crippen molar-refractivity contribution in [1.29, 1.82) is 0 Å². The number of hydrogen-bond acceptors (Lipinski definition) is 4. The van der Waals surface area contributed by atoms with Gasteiger partial charge in [-0.3, -0.25) is 4.79 Å². The van der Waals surface area contributed by atoms with Crippen LogP contribution in [0.25, 0.3) is 17.5 Å². The van der Waals surface area contributed by atoms with E-state index in [9.17, 15) is 4.79 Å². The zero-order valence-corrected chi connectivity index (χ0v) is 13.3. The number of amides is 1. The fourth-order valence-electron chi connectivity index (χ4n) is 2.19. The summed E-state index contributed by atoms with van der Waals surface area (Å²) in [7, 11) is 0. The van der Waals surface area contributed by atoms with E-state index in [0.29, 0.717) is 11.7 Å². The molecule has 120 valence electrons. The van der Waals surface area contributed by atoms with Gasteiger partial charge in [-0.2, -0.15) is 4.98 Å². The maximum absolute atomic E-state index is 11.8. The van der Waals surface area contributed by atoms with E-state index in [2.05, 4.69) is 15.5 Å². The van der Waals surface area contributed by atoms with E-state index in [1.165, 1.54) is 6.08 Å². The fraction of sp³-hybridized carbons (Fsp3) is 0.105. The third-order valence-corrected chi connectivity index (χ3v) is 3.38. The topological polar surface area (TPSA) is 68.0 Å². The summed E-state index contributed by atoms with van der Waals surface area (Å²) in [6.45, 7) is 2.20. The monoisotopic (exact) mass is 319 g/mol. The lowest BCUT2D eigenvalue weighted by Crippen LogP contribution is -2.20. The van der Waals surface area contributed by atoms with Gasteiger partial charge in [0.1, 0.15) is 0 Å². The molecule has 0 atom stereocenters. The van der Waals surface area contributed by atoms with E-state index in [0.717, 1.165) is 16.7 Å². The van der Waals surface area contributed by atoms with Crippen LogP contribution < -0.4 is 5.32 Å². The standard InChI is InChI=1S/C19H17N3O2/c1-14-6-5-9-16(12-14)19-21-18(24-22-19)13-20-17(23)11-10-15-7-3-2-4-8-15/h2-12H,13H2,1H3,(H,20,23)/b11-10+. The average Bonchev–Trinajstić information content (AvgIpc) is 3.08. The maximum atomic E-state index is 11.8. The van der Waals surface area contributed by atoms with Crippen LogP contribution in [0.3, 0.4) is 0 Å². The number of nitrogens with one attached hydrogen (secondary N) is 1. The van der Waals surface area contributed by atoms with Crippen LogP contribution in [0.2, 0.25) is 0 Å². The lowest BCUT2D eigenvalue weighted by Gasteiger charge is -1.97. The molecule has 24 heavy (non-hydrogen) atoms. The first kappa shape index (κ1) is 15.7. The molecule has 0 saturated heterocycles. The molecule has 1 aromatic heterocycles. The van der Waals surface area contributed by atoms with Gasteiger partial charge < -0.3 is 9.84 Å². The fourth-order valence-corrected chi connectivity index (χ4v) is 2.19. The summed E-state index contributed by atoms with van der Waals surface area (Å²) in [4.78, 5) is 16.1. The zero-order chi connectivity index (χ0) is 16.8. The second-order valence-electron chi connectivity index (χ2n) is 5.34. The Morgan fingerprint density at radius 1 is 1.17 bits per heavy atom. The molecule has 1 N–H and O–H groups in total. The number of carbonyl (C=O) groups excluding carboxylic acids is 1. The summed E-state index contributed by atoms with van der Waals surface area (Å²) in [5.41, 5.74) is 2.98. The van der Waals surface area contributed by atoms with Crippen molar-refractivity contribution in [3.05, 3.63) is 77.7 Å². The Morgan fingerprint density at radius 2 is 2.00 bits per heavy atom. The molecule has 0 aliphatic carbocycles. The first-order valence-electron chi connectivity index (χ1n) is 7.61. The van der Waals surface area contributed by atoms with E-state index >= 15 is 0 Å². The Balaban J connectivity index is 1.57. The largest absolute Gasteiger partial charge is 0.343 e. The van der Waals surface area contributed by atoms with Crippen LogP contribution in [0.4, 0.5) is 0 Å². The van der Waals surface area contributed by atoms with E-state index < -0.39 is 0 Å². The van der Waals surface area contributed by atoms with Crippen molar-refractivity contribution in [2.24, 2.45) is 0 Å². The van der Waals surface area contributed by atoms with Crippen LogP contribution in [0, 0.1) is 6.92 Å². The molecule has 5 nitrogen and oxygen atoms in total. The van der Waals surface area contributed by atoms with Crippen molar-refractivity contribution in [2.75, 3.05) is 0 Å². The smallest absolute Gasteiger partial charge is 0.246 e. The van der Waals surface area contributed by atoms with Gasteiger partial charge in [-0.1, -0.05) is 59.3 Å². The maximum Gasteiger partial charge on any atom is 0.246 e. The predicted octanol–water partition coefficient (Wildman–Crippen LogP) is 3.37. The van der Waals surface area contributed by atoms with Crippen LogP contribution in [0.15, 0.2) is 65.2 Å². The Kier molecular flexibility index (Phi) is 4.81. The Hall–Kier alpha value is -3.21. The second-order valence-corrected chi connectivity index (χ2v) is 5.34. The Bertz CT molecular complexity index is 854. The van der Waals surface area contributed by atoms with E-state index in [-0.39, 0.29) is 12.5 Å². The molecule has 3 aromatic rings. The van der Waals surface area contributed by atoms with Gasteiger partial charge in [0, 0.05) is 11.6 Å². The molecule has 1 heterocycles. The summed E-state index contributed by atoms with van der Waals surface area (Å²) < 4.78 is 5.17. The van der Waals surface area contributed by atoms with Gasteiger partial charge in [0.25, 0.3) is 0 Å². The van der Waals surface area contributed by atoms with Gasteiger partial charge in [-0.05, 0) is 24.6 Å². The molecule has 2 aromatic carbocycles. The van der Waals surface area contributed by atoms with Crippen molar-refractivity contribution in [2.45, 2.75) is 13.5 Å². The molecule has 0 unspecified atom stereocenters. The highest BCUT2D eigenvalue weighted by Crippen LogP contribution is 2.16. The molecular weight excluding hydrogens is 302 g/mol. The SMILES string of the molecule is Cc1cccc(-c2noc(CNC(=O)/C=C/c3ccccc3)n2)c1. The third kappa shape index (κ3) is 4.16. The number of nitrogens with zero attached hydrogens (tertiary/aromatic N) is 2. The van der Waals surface area contributed by atoms with Crippen LogP contribution in [-0.4, -0.2) is 16.0 Å². The van der Waals surface area contributed by atoms with Gasteiger partial charge in [0.15, 0.2) is 0 Å². The number of benzene rings is 2. The zero-order valence-electron chi connectivity index (χ0n) is 13.3. The molecule has 1 amide bonds. The first-order valence-corrected chi connectivity index (χ1v) is 7.61. The number of rotatable bonds is 5. The minimum Gasteiger partial charge on any atom is -0.343 e. The lowest BCUT2D eigenvalue weighted by atomic mass is 10.1. The van der Waals surface area contributed by atoms with E-state index in [1.807, 2.05) is 61.5 Å². The van der Waals surface area contributed by atoms with Crippen molar-refractivity contribution in [1.82, 2.24) is 15.5 Å². The molecule has 0 radical (unpaired) electrons. The molecule has 3 rings (SSSR count). The van der Waals surface area contributed by atoms with Crippen LogP contribution in [-0.2, 0) is 11.3 Å². The molecule has 0 bridgehead atoms. The van der Waals surface area contributed by atoms with Crippen LogP contribution in [0.1, 0.15) is 17.0 Å². The van der Waals surface area contributed by atoms with Gasteiger partial charge in [-0.25, -0.2) is 0 Å².